The van der Waals surface area contributed by atoms with E-state index in [1.807, 2.05) is 6.07 Å². The van der Waals surface area contributed by atoms with Gasteiger partial charge in [-0.1, -0.05) is 12.1 Å². The van der Waals surface area contributed by atoms with Gasteiger partial charge in [0.15, 0.2) is 5.75 Å². The molecule has 20 heavy (non-hydrogen) atoms. The van der Waals surface area contributed by atoms with Gasteiger partial charge in [0, 0.05) is 13.8 Å². The Labute approximate surface area is 117 Å². The number of hydrogen-bond donors (Lipinski definition) is 1. The number of carbonyl (C=O) groups excluding carboxylic acids is 1. The van der Waals surface area contributed by atoms with Crippen molar-refractivity contribution in [3.05, 3.63) is 36.4 Å². The van der Waals surface area contributed by atoms with Crippen molar-refractivity contribution in [2.75, 3.05) is 7.11 Å². The maximum Gasteiger partial charge on any atom is 0.352 e. The normalized spacial score (nSPS) is 8.75. The highest BCUT2D eigenvalue weighted by Gasteiger charge is 2.07. The number of ether oxygens (including phenoxy) is 1. The summed E-state index contributed by atoms with van der Waals surface area (Å²) in [7, 11) is 1.52. The Bertz CT molecular complexity index is 463. The van der Waals surface area contributed by atoms with Gasteiger partial charge in [0.25, 0.3) is 5.97 Å². The number of benzene rings is 1. The largest absolute Gasteiger partial charge is 0.493 e. The van der Waals surface area contributed by atoms with E-state index in [0.717, 1.165) is 18.9 Å². The Balaban J connectivity index is 0.000000796. The molecule has 0 aliphatic rings. The minimum atomic E-state index is -0.833. The highest BCUT2D eigenvalue weighted by Crippen LogP contribution is 2.28. The second kappa shape index (κ2) is 9.43. The van der Waals surface area contributed by atoms with E-state index in [9.17, 15) is 4.79 Å². The maximum absolute atomic E-state index is 10.6. The lowest BCUT2D eigenvalue weighted by atomic mass is 10.1. The van der Waals surface area contributed by atoms with Crippen molar-refractivity contribution >= 4 is 11.9 Å². The fraction of sp³-hybridized carbons (Fsp3) is 0.286. The zero-order chi connectivity index (χ0) is 15.5. The highest BCUT2D eigenvalue weighted by molar-refractivity contribution is 5.65. The van der Waals surface area contributed by atoms with Gasteiger partial charge in [-0.15, -0.1) is 6.58 Å². The van der Waals surface area contributed by atoms with Crippen molar-refractivity contribution in [2.24, 2.45) is 0 Å². The third-order valence-corrected chi connectivity index (χ3v) is 1.86. The molecule has 0 unspecified atom stereocenters. The first-order chi connectivity index (χ1) is 9.40. The predicted octanol–water partition coefficient (Wildman–Crippen LogP) is 2.37. The summed E-state index contributed by atoms with van der Waals surface area (Å²) < 4.78 is 5.11. The molecule has 1 N–H and O–H groups in total. The topological polar surface area (TPSA) is 82.1 Å². The van der Waals surface area contributed by atoms with Crippen LogP contribution in [0.2, 0.25) is 0 Å². The van der Waals surface area contributed by atoms with Gasteiger partial charge in [-0.2, -0.15) is 0 Å². The van der Waals surface area contributed by atoms with Crippen LogP contribution in [0, 0.1) is 0 Å². The van der Waals surface area contributed by atoms with Crippen LogP contribution in [0.15, 0.2) is 30.9 Å². The van der Waals surface area contributed by atoms with E-state index in [0.29, 0.717) is 11.5 Å². The van der Waals surface area contributed by atoms with Gasteiger partial charge in [0.2, 0.25) is 5.75 Å². The number of allylic oxidation sites excluding steroid dienone is 1. The second-order valence-corrected chi connectivity index (χ2v) is 3.66. The Morgan fingerprint density at radius 3 is 2.35 bits per heavy atom. The molecule has 6 nitrogen and oxygen atoms in total. The summed E-state index contributed by atoms with van der Waals surface area (Å²) in [5.74, 6) is -0.469. The van der Waals surface area contributed by atoms with Crippen LogP contribution in [0.1, 0.15) is 19.4 Å². The quantitative estimate of drug-likeness (QED) is 0.507. The zero-order valence-corrected chi connectivity index (χ0v) is 11.7. The molecule has 0 aromatic heterocycles. The van der Waals surface area contributed by atoms with Crippen LogP contribution < -0.4 is 9.62 Å². The standard InChI is InChI=1S/C12H14O4.C2H4O2/c1-4-5-10-6-7-11(12(8-10)14-3)16-15-9(2)13;1-2(3)4/h4,6-8H,1,5H2,2-3H3;1H3,(H,3,4). The van der Waals surface area contributed by atoms with Crippen LogP contribution in [-0.4, -0.2) is 24.2 Å². The monoisotopic (exact) mass is 282 g/mol. The summed E-state index contributed by atoms with van der Waals surface area (Å²) in [6, 6.07) is 5.34. The molecule has 0 saturated heterocycles. The zero-order valence-electron chi connectivity index (χ0n) is 11.7. The van der Waals surface area contributed by atoms with E-state index in [4.69, 9.17) is 19.5 Å². The number of aliphatic carboxylic acids is 1. The van der Waals surface area contributed by atoms with Crippen LogP contribution in [0.4, 0.5) is 0 Å². The summed E-state index contributed by atoms with van der Waals surface area (Å²) in [4.78, 5) is 28.8. The summed E-state index contributed by atoms with van der Waals surface area (Å²) in [5.41, 5.74) is 1.04. The number of carboxylic acid groups (broad SMARTS) is 1. The van der Waals surface area contributed by atoms with Gasteiger partial charge in [-0.25, -0.2) is 4.79 Å². The highest BCUT2D eigenvalue weighted by atomic mass is 17.2. The number of carbonyl (C=O) groups is 2. The van der Waals surface area contributed by atoms with E-state index >= 15 is 0 Å². The van der Waals surface area contributed by atoms with Crippen molar-refractivity contribution in [3.8, 4) is 11.5 Å². The van der Waals surface area contributed by atoms with Gasteiger partial charge < -0.3 is 9.84 Å². The number of rotatable bonds is 5. The molecule has 0 aliphatic heterocycles. The lowest BCUT2D eigenvalue weighted by Crippen LogP contribution is -2.04. The molecule has 110 valence electrons. The fourth-order valence-corrected chi connectivity index (χ4v) is 1.18. The van der Waals surface area contributed by atoms with Gasteiger partial charge in [-0.3, -0.25) is 14.6 Å². The van der Waals surface area contributed by atoms with Crippen molar-refractivity contribution in [1.82, 2.24) is 0 Å². The van der Waals surface area contributed by atoms with Crippen molar-refractivity contribution in [1.29, 1.82) is 0 Å². The summed E-state index contributed by atoms with van der Waals surface area (Å²) >= 11 is 0. The molecule has 1 aromatic rings. The first-order valence-electron chi connectivity index (χ1n) is 5.73. The number of carboxylic acids is 1. The average molecular weight is 282 g/mol. The smallest absolute Gasteiger partial charge is 0.352 e. The average Bonchev–Trinajstić information content (AvgIpc) is 2.36. The van der Waals surface area contributed by atoms with Crippen LogP contribution >= 0.6 is 0 Å². The fourth-order valence-electron chi connectivity index (χ4n) is 1.18. The molecule has 6 heteroatoms. The predicted molar refractivity (Wildman–Crippen MR) is 72.6 cm³/mol. The molecule has 0 saturated carbocycles. The minimum Gasteiger partial charge on any atom is -0.493 e. The van der Waals surface area contributed by atoms with Gasteiger partial charge in [0.1, 0.15) is 0 Å². The Hall–Kier alpha value is -2.50. The summed E-state index contributed by atoms with van der Waals surface area (Å²) in [6.07, 6.45) is 2.53. The van der Waals surface area contributed by atoms with Gasteiger partial charge in [0.05, 0.1) is 7.11 Å². The van der Waals surface area contributed by atoms with Crippen molar-refractivity contribution in [2.45, 2.75) is 20.3 Å². The summed E-state index contributed by atoms with van der Waals surface area (Å²) in [6.45, 7) is 6.00. The van der Waals surface area contributed by atoms with E-state index < -0.39 is 11.9 Å². The molecule has 0 bridgehead atoms. The van der Waals surface area contributed by atoms with Crippen LogP contribution in [-0.2, 0) is 20.9 Å². The molecule has 0 radical (unpaired) electrons. The molecular formula is C14H18O6. The third kappa shape index (κ3) is 7.75. The first-order valence-corrected chi connectivity index (χ1v) is 5.73. The maximum atomic E-state index is 10.6. The van der Waals surface area contributed by atoms with Gasteiger partial charge in [-0.05, 0) is 24.1 Å². The number of hydrogen-bond acceptors (Lipinski definition) is 5. The van der Waals surface area contributed by atoms with Crippen molar-refractivity contribution in [3.63, 3.8) is 0 Å². The van der Waals surface area contributed by atoms with Crippen LogP contribution in [0.25, 0.3) is 0 Å². The Morgan fingerprint density at radius 2 is 1.90 bits per heavy atom. The molecule has 0 amide bonds. The van der Waals surface area contributed by atoms with E-state index in [2.05, 4.69) is 11.5 Å². The molecule has 0 aliphatic carbocycles. The van der Waals surface area contributed by atoms with Crippen molar-refractivity contribution < 1.29 is 29.2 Å². The molecule has 1 rings (SSSR count). The molecular weight excluding hydrogens is 264 g/mol. The molecule has 1 aromatic carbocycles. The Kier molecular flexibility index (Phi) is 8.25. The SMILES string of the molecule is C=CCc1ccc(OOC(C)=O)c(OC)c1.CC(=O)O. The second-order valence-electron chi connectivity index (χ2n) is 3.66. The van der Waals surface area contributed by atoms with Gasteiger partial charge >= 0.3 is 5.97 Å². The van der Waals surface area contributed by atoms with E-state index in [-0.39, 0.29) is 0 Å². The Morgan fingerprint density at radius 1 is 1.30 bits per heavy atom. The number of methoxy groups -OCH3 is 1. The van der Waals surface area contributed by atoms with Crippen LogP contribution in [0.5, 0.6) is 11.5 Å². The molecule has 0 fully saturated rings. The van der Waals surface area contributed by atoms with Crippen LogP contribution in [0.3, 0.4) is 0 Å². The molecule has 0 atom stereocenters. The summed E-state index contributed by atoms with van der Waals surface area (Å²) in [5, 5.41) is 7.42. The third-order valence-electron chi connectivity index (χ3n) is 1.86. The molecule has 0 heterocycles. The lowest BCUT2D eigenvalue weighted by Gasteiger charge is -2.08. The van der Waals surface area contributed by atoms with E-state index in [1.165, 1.54) is 14.0 Å². The lowest BCUT2D eigenvalue weighted by molar-refractivity contribution is -0.211. The first kappa shape index (κ1) is 17.5. The molecule has 0 spiro atoms. The minimum absolute atomic E-state index is 0.366. The van der Waals surface area contributed by atoms with E-state index in [1.54, 1.807) is 18.2 Å².